The molecule has 24 heavy (non-hydrogen) atoms. The highest BCUT2D eigenvalue weighted by atomic mass is 19.3. The van der Waals surface area contributed by atoms with Crippen LogP contribution in [-0.4, -0.2) is 24.6 Å². The molecule has 0 aliphatic heterocycles. The van der Waals surface area contributed by atoms with E-state index >= 15 is 0 Å². The fourth-order valence-electron chi connectivity index (χ4n) is 4.96. The summed E-state index contributed by atoms with van der Waals surface area (Å²) < 4.78 is 54.8. The molecule has 1 saturated carbocycles. The van der Waals surface area contributed by atoms with Crippen LogP contribution >= 0.6 is 0 Å². The first-order valence-electron chi connectivity index (χ1n) is 7.40. The van der Waals surface area contributed by atoms with Gasteiger partial charge in [-0.05, 0) is 18.3 Å². The maximum absolute atomic E-state index is 13.7. The molecular formula is C17H17F4O3-. The number of alkyl halides is 4. The van der Waals surface area contributed by atoms with E-state index in [1.807, 2.05) is 0 Å². The van der Waals surface area contributed by atoms with E-state index < -0.39 is 53.2 Å². The van der Waals surface area contributed by atoms with Crippen LogP contribution in [0.5, 0.6) is 0 Å². The molecule has 2 atom stereocenters. The lowest BCUT2D eigenvalue weighted by Crippen LogP contribution is -2.46. The zero-order chi connectivity index (χ0) is 18.7. The van der Waals surface area contributed by atoms with Gasteiger partial charge in [-0.15, -0.1) is 12.3 Å². The first-order chi connectivity index (χ1) is 11.0. The van der Waals surface area contributed by atoms with Crippen molar-refractivity contribution in [3.63, 3.8) is 0 Å². The van der Waals surface area contributed by atoms with Gasteiger partial charge in [0, 0.05) is 29.8 Å². The van der Waals surface area contributed by atoms with Crippen LogP contribution in [-0.2, 0) is 9.59 Å². The highest BCUT2D eigenvalue weighted by Gasteiger charge is 2.92. The molecule has 0 amide bonds. The zero-order valence-corrected chi connectivity index (χ0v) is 13.5. The normalized spacial score (nSPS) is 30.8. The van der Waals surface area contributed by atoms with Crippen LogP contribution in [0, 0.1) is 34.5 Å². The molecule has 0 spiro atoms. The van der Waals surface area contributed by atoms with Gasteiger partial charge in [-0.25, -0.2) is 17.6 Å². The molecule has 2 rings (SSSR count). The highest BCUT2D eigenvalue weighted by Crippen LogP contribution is 2.86. The van der Waals surface area contributed by atoms with E-state index in [0.29, 0.717) is 0 Å². The predicted molar refractivity (Wildman–Crippen MR) is 74.9 cm³/mol. The molecule has 1 fully saturated rings. The standard InChI is InChI=1S/C17H18F4O3/c1-5-6-9-8(2)10(7-11(9)22)16(14(23)24)15(3,4)17(16,12(18)19)13(20)21/h1,10,12-13H,6-7H2,2-4H3,(H,23,24)/p-1. The lowest BCUT2D eigenvalue weighted by atomic mass is 9.76. The smallest absolute Gasteiger partial charge is 0.251 e. The summed E-state index contributed by atoms with van der Waals surface area (Å²) in [7, 11) is 0. The van der Waals surface area contributed by atoms with Gasteiger partial charge in [0.25, 0.3) is 12.9 Å². The minimum Gasteiger partial charge on any atom is -0.549 e. The van der Waals surface area contributed by atoms with Crippen molar-refractivity contribution in [1.29, 1.82) is 0 Å². The average Bonchev–Trinajstić information content (AvgIpc) is 2.80. The molecule has 3 nitrogen and oxygen atoms in total. The number of hydrogen-bond donors (Lipinski definition) is 0. The molecule has 2 aliphatic carbocycles. The Labute approximate surface area is 137 Å². The third-order valence-electron chi connectivity index (χ3n) is 6.15. The number of carboxylic acids is 1. The van der Waals surface area contributed by atoms with E-state index in [2.05, 4.69) is 5.92 Å². The molecule has 0 aromatic heterocycles. The summed E-state index contributed by atoms with van der Waals surface area (Å²) in [6.45, 7) is 3.53. The third kappa shape index (κ3) is 1.69. The lowest BCUT2D eigenvalue weighted by Gasteiger charge is -2.32. The maximum atomic E-state index is 13.7. The Bertz CT molecular complexity index is 664. The monoisotopic (exact) mass is 345 g/mol. The van der Waals surface area contributed by atoms with Crippen molar-refractivity contribution in [1.82, 2.24) is 0 Å². The quantitative estimate of drug-likeness (QED) is 0.567. The van der Waals surface area contributed by atoms with Crippen molar-refractivity contribution in [3.05, 3.63) is 11.1 Å². The Balaban J connectivity index is 2.71. The van der Waals surface area contributed by atoms with Gasteiger partial charge in [-0.2, -0.15) is 0 Å². The molecule has 0 bridgehead atoms. The fourth-order valence-corrected chi connectivity index (χ4v) is 4.96. The van der Waals surface area contributed by atoms with Gasteiger partial charge < -0.3 is 9.90 Å². The Morgan fingerprint density at radius 1 is 1.33 bits per heavy atom. The summed E-state index contributed by atoms with van der Waals surface area (Å²) in [6, 6.07) is 0. The number of terminal acetylenes is 1. The Hall–Kier alpha value is -1.84. The Kier molecular flexibility index (Phi) is 4.11. The molecule has 0 saturated heterocycles. The number of halogens is 4. The van der Waals surface area contributed by atoms with Crippen molar-refractivity contribution in [3.8, 4) is 12.3 Å². The SMILES string of the molecule is C#CCC1=C(C)C(C2(C(=O)[O-])C(C)(C)C2(C(F)F)C(F)F)CC1=O. The second-order valence-corrected chi connectivity index (χ2v) is 6.91. The van der Waals surface area contributed by atoms with Crippen molar-refractivity contribution in [2.75, 3.05) is 0 Å². The molecule has 2 unspecified atom stereocenters. The lowest BCUT2D eigenvalue weighted by molar-refractivity contribution is -0.320. The van der Waals surface area contributed by atoms with Crippen LogP contribution in [0.3, 0.4) is 0 Å². The molecule has 2 aliphatic rings. The summed E-state index contributed by atoms with van der Waals surface area (Å²) in [4.78, 5) is 24.0. The van der Waals surface area contributed by atoms with Gasteiger partial charge in [-0.1, -0.05) is 19.4 Å². The number of allylic oxidation sites excluding steroid dienone is 2. The Morgan fingerprint density at radius 3 is 2.17 bits per heavy atom. The molecular weight excluding hydrogens is 328 g/mol. The van der Waals surface area contributed by atoms with E-state index in [0.717, 1.165) is 13.8 Å². The second-order valence-electron chi connectivity index (χ2n) is 6.91. The number of carbonyl (C=O) groups excluding carboxylic acids is 2. The minimum absolute atomic E-state index is 0.0962. The molecule has 132 valence electrons. The predicted octanol–water partition coefficient (Wildman–Crippen LogP) is 2.21. The van der Waals surface area contributed by atoms with Gasteiger partial charge >= 0.3 is 0 Å². The largest absolute Gasteiger partial charge is 0.549 e. The fraction of sp³-hybridized carbons (Fsp3) is 0.647. The van der Waals surface area contributed by atoms with Gasteiger partial charge in [0.15, 0.2) is 5.78 Å². The van der Waals surface area contributed by atoms with Crippen LogP contribution in [0.1, 0.15) is 33.6 Å². The highest BCUT2D eigenvalue weighted by molar-refractivity contribution is 6.01. The first kappa shape index (κ1) is 18.5. The summed E-state index contributed by atoms with van der Waals surface area (Å²) >= 11 is 0. The summed E-state index contributed by atoms with van der Waals surface area (Å²) in [5.74, 6) is -1.51. The maximum Gasteiger partial charge on any atom is 0.251 e. The number of hydrogen-bond acceptors (Lipinski definition) is 3. The number of ketones is 1. The molecule has 0 aromatic carbocycles. The summed E-state index contributed by atoms with van der Waals surface area (Å²) in [5.41, 5.74) is -7.21. The molecule has 0 N–H and O–H groups in total. The second kappa shape index (κ2) is 5.33. The van der Waals surface area contributed by atoms with Crippen molar-refractivity contribution >= 4 is 11.8 Å². The van der Waals surface area contributed by atoms with Crippen LogP contribution < -0.4 is 5.11 Å². The molecule has 7 heteroatoms. The van der Waals surface area contributed by atoms with Gasteiger partial charge in [0.2, 0.25) is 0 Å². The van der Waals surface area contributed by atoms with Crippen LogP contribution in [0.15, 0.2) is 11.1 Å². The van der Waals surface area contributed by atoms with E-state index in [9.17, 15) is 32.3 Å². The minimum atomic E-state index is -3.58. The van der Waals surface area contributed by atoms with E-state index in [4.69, 9.17) is 6.42 Å². The summed E-state index contributed by atoms with van der Waals surface area (Å²) in [6.07, 6.45) is -2.52. The Morgan fingerprint density at radius 2 is 1.83 bits per heavy atom. The third-order valence-corrected chi connectivity index (χ3v) is 6.15. The van der Waals surface area contributed by atoms with E-state index in [-0.39, 0.29) is 17.6 Å². The van der Waals surface area contributed by atoms with Crippen LogP contribution in [0.4, 0.5) is 17.6 Å². The van der Waals surface area contributed by atoms with E-state index in [1.54, 1.807) is 0 Å². The molecule has 0 heterocycles. The molecule has 0 radical (unpaired) electrons. The van der Waals surface area contributed by atoms with Gasteiger partial charge in [-0.3, -0.25) is 4.79 Å². The van der Waals surface area contributed by atoms with Crippen molar-refractivity contribution in [2.24, 2.45) is 22.2 Å². The zero-order valence-electron chi connectivity index (χ0n) is 13.5. The van der Waals surface area contributed by atoms with E-state index in [1.165, 1.54) is 6.92 Å². The average molecular weight is 345 g/mol. The topological polar surface area (TPSA) is 57.2 Å². The van der Waals surface area contributed by atoms with Crippen LogP contribution in [0.2, 0.25) is 0 Å². The number of carboxylic acid groups (broad SMARTS) is 1. The molecule has 0 aromatic rings. The van der Waals surface area contributed by atoms with Gasteiger partial charge in [0.05, 0.1) is 0 Å². The van der Waals surface area contributed by atoms with Gasteiger partial charge in [0.1, 0.15) is 5.41 Å². The van der Waals surface area contributed by atoms with Crippen LogP contribution in [0.25, 0.3) is 0 Å². The van der Waals surface area contributed by atoms with Crippen molar-refractivity contribution < 1.29 is 32.3 Å². The van der Waals surface area contributed by atoms with Crippen molar-refractivity contribution in [2.45, 2.75) is 46.5 Å². The number of aliphatic carboxylic acids is 1. The first-order valence-corrected chi connectivity index (χ1v) is 7.40. The number of carbonyl (C=O) groups is 2. The number of rotatable bonds is 5. The summed E-state index contributed by atoms with van der Waals surface area (Å²) in [5, 5.41) is 11.9. The number of Topliss-reactive ketones (excluding diaryl/α,β-unsaturated/α-hetero) is 1.